The molecule has 18 heavy (non-hydrogen) atoms. The van der Waals surface area contributed by atoms with Crippen LogP contribution in [0.2, 0.25) is 5.02 Å². The van der Waals surface area contributed by atoms with Gasteiger partial charge in [0, 0.05) is 0 Å². The highest BCUT2D eigenvalue weighted by Crippen LogP contribution is 2.34. The van der Waals surface area contributed by atoms with Crippen molar-refractivity contribution in [2.24, 2.45) is 0 Å². The quantitative estimate of drug-likeness (QED) is 0.867. The van der Waals surface area contributed by atoms with Crippen molar-refractivity contribution in [2.75, 3.05) is 14.2 Å². The maximum Gasteiger partial charge on any atom is 0.356 e. The van der Waals surface area contributed by atoms with Crippen molar-refractivity contribution < 1.29 is 14.3 Å². The van der Waals surface area contributed by atoms with Crippen LogP contribution in [0.25, 0.3) is 11.4 Å². The summed E-state index contributed by atoms with van der Waals surface area (Å²) in [7, 11) is 2.85. The number of H-pyrrole nitrogens is 1. The zero-order chi connectivity index (χ0) is 13.1. The van der Waals surface area contributed by atoms with E-state index < -0.39 is 5.97 Å². The molecule has 6 heteroatoms. The first-order chi connectivity index (χ1) is 8.67. The van der Waals surface area contributed by atoms with Crippen LogP contribution in [0.5, 0.6) is 5.75 Å². The van der Waals surface area contributed by atoms with Crippen LogP contribution < -0.4 is 4.74 Å². The third-order valence-corrected chi connectivity index (χ3v) is 2.73. The maximum absolute atomic E-state index is 11.3. The summed E-state index contributed by atoms with van der Waals surface area (Å²) < 4.78 is 9.81. The SMILES string of the molecule is COC(=O)c1cnc(-c2c(Cl)cccc2OC)[nH]1. The number of hydrogen-bond acceptors (Lipinski definition) is 4. The fraction of sp³-hybridized carbons (Fsp3) is 0.167. The highest BCUT2D eigenvalue weighted by Gasteiger charge is 2.16. The molecule has 1 aromatic heterocycles. The second-order valence-corrected chi connectivity index (χ2v) is 3.86. The van der Waals surface area contributed by atoms with Crippen LogP contribution in [0.15, 0.2) is 24.4 Å². The van der Waals surface area contributed by atoms with Gasteiger partial charge in [0.25, 0.3) is 0 Å². The van der Waals surface area contributed by atoms with Crippen molar-refractivity contribution in [3.8, 4) is 17.1 Å². The third-order valence-electron chi connectivity index (χ3n) is 2.41. The number of nitrogens with one attached hydrogen (secondary N) is 1. The number of benzene rings is 1. The van der Waals surface area contributed by atoms with E-state index in [-0.39, 0.29) is 5.69 Å². The van der Waals surface area contributed by atoms with Crippen molar-refractivity contribution in [3.05, 3.63) is 35.1 Å². The van der Waals surface area contributed by atoms with Gasteiger partial charge in [0.05, 0.1) is 31.0 Å². The summed E-state index contributed by atoms with van der Waals surface area (Å²) in [6.45, 7) is 0. The molecule has 0 aliphatic heterocycles. The van der Waals surface area contributed by atoms with Crippen molar-refractivity contribution in [1.82, 2.24) is 9.97 Å². The van der Waals surface area contributed by atoms with Gasteiger partial charge in [-0.2, -0.15) is 0 Å². The van der Waals surface area contributed by atoms with Gasteiger partial charge in [-0.25, -0.2) is 9.78 Å². The number of hydrogen-bond donors (Lipinski definition) is 1. The van der Waals surface area contributed by atoms with Gasteiger partial charge >= 0.3 is 5.97 Å². The summed E-state index contributed by atoms with van der Waals surface area (Å²) in [6.07, 6.45) is 1.39. The molecule has 0 radical (unpaired) electrons. The number of imidazole rings is 1. The van der Waals surface area contributed by atoms with E-state index in [1.54, 1.807) is 25.3 Å². The molecule has 5 nitrogen and oxygen atoms in total. The number of halogens is 1. The van der Waals surface area contributed by atoms with Gasteiger partial charge in [-0.05, 0) is 12.1 Å². The minimum Gasteiger partial charge on any atom is -0.496 e. The van der Waals surface area contributed by atoms with E-state index in [4.69, 9.17) is 16.3 Å². The second kappa shape index (κ2) is 5.10. The van der Waals surface area contributed by atoms with Gasteiger partial charge in [-0.1, -0.05) is 17.7 Å². The zero-order valence-corrected chi connectivity index (χ0v) is 10.6. The Labute approximate surface area is 109 Å². The van der Waals surface area contributed by atoms with Crippen molar-refractivity contribution >= 4 is 17.6 Å². The number of nitrogens with zero attached hydrogens (tertiary/aromatic N) is 1. The van der Waals surface area contributed by atoms with Gasteiger partial charge in [-0.15, -0.1) is 0 Å². The van der Waals surface area contributed by atoms with Gasteiger partial charge in [-0.3, -0.25) is 0 Å². The molecule has 0 atom stereocenters. The van der Waals surface area contributed by atoms with E-state index in [2.05, 4.69) is 14.7 Å². The minimum atomic E-state index is -0.486. The predicted octanol–water partition coefficient (Wildman–Crippen LogP) is 2.53. The first kappa shape index (κ1) is 12.4. The summed E-state index contributed by atoms with van der Waals surface area (Å²) in [6, 6.07) is 5.26. The van der Waals surface area contributed by atoms with E-state index in [0.717, 1.165) is 0 Å². The highest BCUT2D eigenvalue weighted by atomic mass is 35.5. The molecule has 2 rings (SSSR count). The molecular weight excluding hydrogens is 256 g/mol. The number of esters is 1. The zero-order valence-electron chi connectivity index (χ0n) is 9.86. The lowest BCUT2D eigenvalue weighted by Gasteiger charge is -2.07. The molecule has 0 bridgehead atoms. The molecule has 1 aromatic carbocycles. The normalized spacial score (nSPS) is 10.2. The topological polar surface area (TPSA) is 64.2 Å². The molecule has 0 amide bonds. The number of ether oxygens (including phenoxy) is 2. The number of carbonyl (C=O) groups is 1. The van der Waals surface area contributed by atoms with Gasteiger partial charge in [0.1, 0.15) is 17.3 Å². The lowest BCUT2D eigenvalue weighted by atomic mass is 10.2. The molecular formula is C12H11ClN2O3. The molecule has 0 aliphatic rings. The fourth-order valence-electron chi connectivity index (χ4n) is 1.57. The summed E-state index contributed by atoms with van der Waals surface area (Å²) >= 11 is 6.11. The molecule has 0 unspecified atom stereocenters. The maximum atomic E-state index is 11.3. The average Bonchev–Trinajstić information content (AvgIpc) is 2.86. The Balaban J connectivity index is 2.49. The largest absolute Gasteiger partial charge is 0.496 e. The van der Waals surface area contributed by atoms with E-state index in [9.17, 15) is 4.79 Å². The minimum absolute atomic E-state index is 0.259. The molecule has 0 saturated heterocycles. The lowest BCUT2D eigenvalue weighted by Crippen LogP contribution is -2.01. The number of methoxy groups -OCH3 is 2. The Bertz CT molecular complexity index is 580. The number of aromatic nitrogens is 2. The van der Waals surface area contributed by atoms with Gasteiger partial charge < -0.3 is 14.5 Å². The van der Waals surface area contributed by atoms with E-state index >= 15 is 0 Å². The van der Waals surface area contributed by atoms with Crippen LogP contribution >= 0.6 is 11.6 Å². The van der Waals surface area contributed by atoms with Crippen molar-refractivity contribution in [2.45, 2.75) is 0 Å². The highest BCUT2D eigenvalue weighted by molar-refractivity contribution is 6.33. The monoisotopic (exact) mass is 266 g/mol. The smallest absolute Gasteiger partial charge is 0.356 e. The lowest BCUT2D eigenvalue weighted by molar-refractivity contribution is 0.0595. The Morgan fingerprint density at radius 2 is 2.17 bits per heavy atom. The van der Waals surface area contributed by atoms with Crippen LogP contribution in [0.4, 0.5) is 0 Å². The Morgan fingerprint density at radius 1 is 1.39 bits per heavy atom. The number of carbonyl (C=O) groups excluding carboxylic acids is 1. The molecule has 0 spiro atoms. The second-order valence-electron chi connectivity index (χ2n) is 3.45. The Morgan fingerprint density at radius 3 is 2.83 bits per heavy atom. The van der Waals surface area contributed by atoms with E-state index in [1.807, 2.05) is 0 Å². The molecule has 1 heterocycles. The number of rotatable bonds is 3. The molecule has 0 saturated carbocycles. The van der Waals surface area contributed by atoms with Crippen LogP contribution in [0.3, 0.4) is 0 Å². The first-order valence-electron chi connectivity index (χ1n) is 5.13. The van der Waals surface area contributed by atoms with Gasteiger partial charge in [0.2, 0.25) is 0 Å². The van der Waals surface area contributed by atoms with E-state index in [1.165, 1.54) is 13.3 Å². The third kappa shape index (κ3) is 2.17. The summed E-state index contributed by atoms with van der Waals surface area (Å²) in [5.41, 5.74) is 0.867. The summed E-state index contributed by atoms with van der Waals surface area (Å²) in [4.78, 5) is 18.3. The van der Waals surface area contributed by atoms with Crippen molar-refractivity contribution in [3.63, 3.8) is 0 Å². The molecule has 94 valence electrons. The Hall–Kier alpha value is -2.01. The molecule has 2 aromatic rings. The van der Waals surface area contributed by atoms with Gasteiger partial charge in [0.15, 0.2) is 0 Å². The average molecular weight is 267 g/mol. The number of aromatic amines is 1. The van der Waals surface area contributed by atoms with Crippen molar-refractivity contribution in [1.29, 1.82) is 0 Å². The fourth-order valence-corrected chi connectivity index (χ4v) is 1.82. The molecule has 0 fully saturated rings. The van der Waals surface area contributed by atoms with E-state index in [0.29, 0.717) is 22.2 Å². The predicted molar refractivity (Wildman–Crippen MR) is 66.9 cm³/mol. The van der Waals surface area contributed by atoms with Crippen LogP contribution in [0.1, 0.15) is 10.5 Å². The van der Waals surface area contributed by atoms with Crippen LogP contribution in [0, 0.1) is 0 Å². The standard InChI is InChI=1S/C12H11ClN2O3/c1-17-9-5-3-4-7(13)10(9)11-14-6-8(15-11)12(16)18-2/h3-6H,1-2H3,(H,14,15). The first-order valence-corrected chi connectivity index (χ1v) is 5.51. The summed E-state index contributed by atoms with van der Waals surface area (Å²) in [5.74, 6) is 0.547. The molecule has 1 N–H and O–H groups in total. The summed E-state index contributed by atoms with van der Waals surface area (Å²) in [5, 5.41) is 0.486. The Kier molecular flexibility index (Phi) is 3.53. The van der Waals surface area contributed by atoms with Crippen LogP contribution in [-0.2, 0) is 4.74 Å². The molecule has 0 aliphatic carbocycles. The van der Waals surface area contributed by atoms with Crippen LogP contribution in [-0.4, -0.2) is 30.2 Å².